The lowest BCUT2D eigenvalue weighted by atomic mass is 9.72. The predicted molar refractivity (Wildman–Crippen MR) is 106 cm³/mol. The highest BCUT2D eigenvalue weighted by Crippen LogP contribution is 2.51. The second-order valence-corrected chi connectivity index (χ2v) is 7.99. The van der Waals surface area contributed by atoms with E-state index in [2.05, 4.69) is 5.32 Å². The van der Waals surface area contributed by atoms with Crippen molar-refractivity contribution in [2.75, 3.05) is 32.0 Å². The molecule has 29 heavy (non-hydrogen) atoms. The molecule has 0 fully saturated rings. The molecular formula is C21H25N3O5. The van der Waals surface area contributed by atoms with Crippen LogP contribution in [0, 0.1) is 5.92 Å². The minimum absolute atomic E-state index is 0.0889. The van der Waals surface area contributed by atoms with Gasteiger partial charge in [-0.2, -0.15) is 0 Å². The standard InChI is InChI=1S/C21H25N3O5/c1-3-24(8-7-17(25)26)19(27)12-9-14-13-5-4-6-15-18(13)21(29,20(28)22-15)10-16(14)23(2)11-12/h4-6,9,12,16,29H,3,7-8,10-11H2,1-2H3,(H,22,28)(H,25,26)/t12-,16?,21?/m1/s1. The number of benzene rings is 1. The van der Waals surface area contributed by atoms with Crippen molar-refractivity contribution in [2.24, 2.45) is 5.92 Å². The summed E-state index contributed by atoms with van der Waals surface area (Å²) >= 11 is 0. The van der Waals surface area contributed by atoms with Gasteiger partial charge >= 0.3 is 5.97 Å². The fourth-order valence-electron chi connectivity index (χ4n) is 4.79. The van der Waals surface area contributed by atoms with Gasteiger partial charge in [0.2, 0.25) is 5.91 Å². The van der Waals surface area contributed by atoms with Crippen LogP contribution < -0.4 is 5.32 Å². The molecule has 2 unspecified atom stereocenters. The largest absolute Gasteiger partial charge is 0.481 e. The van der Waals surface area contributed by atoms with Crippen molar-refractivity contribution in [1.82, 2.24) is 9.80 Å². The van der Waals surface area contributed by atoms with E-state index in [0.29, 0.717) is 24.3 Å². The number of aliphatic carboxylic acids is 1. The van der Waals surface area contributed by atoms with Crippen molar-refractivity contribution >= 4 is 29.0 Å². The maximum atomic E-state index is 13.1. The second-order valence-electron chi connectivity index (χ2n) is 7.99. The molecule has 4 rings (SSSR count). The molecular weight excluding hydrogens is 374 g/mol. The van der Waals surface area contributed by atoms with Crippen LogP contribution in [0.2, 0.25) is 0 Å². The van der Waals surface area contributed by atoms with Gasteiger partial charge in [0.05, 0.1) is 12.3 Å². The molecule has 1 aromatic rings. The average Bonchev–Trinajstić information content (AvgIpc) is 2.94. The van der Waals surface area contributed by atoms with Crippen molar-refractivity contribution in [1.29, 1.82) is 0 Å². The lowest BCUT2D eigenvalue weighted by Gasteiger charge is -2.44. The summed E-state index contributed by atoms with van der Waals surface area (Å²) in [6.07, 6.45) is 2.09. The summed E-state index contributed by atoms with van der Waals surface area (Å²) in [7, 11) is 1.89. The van der Waals surface area contributed by atoms with E-state index in [1.807, 2.05) is 37.1 Å². The molecule has 3 N–H and O–H groups in total. The molecule has 2 aliphatic heterocycles. The van der Waals surface area contributed by atoms with E-state index in [4.69, 9.17) is 5.11 Å². The number of aliphatic hydroxyl groups is 1. The minimum atomic E-state index is -1.56. The number of anilines is 1. The molecule has 154 valence electrons. The third-order valence-electron chi connectivity index (χ3n) is 6.26. The topological polar surface area (TPSA) is 110 Å². The first kappa shape index (κ1) is 19.6. The molecule has 2 amide bonds. The molecule has 0 radical (unpaired) electrons. The monoisotopic (exact) mass is 399 g/mol. The Labute approximate surface area is 168 Å². The fraction of sp³-hybridized carbons (Fsp3) is 0.476. The molecule has 8 nitrogen and oxygen atoms in total. The number of carboxylic acid groups (broad SMARTS) is 1. The van der Waals surface area contributed by atoms with Gasteiger partial charge in [0.25, 0.3) is 5.91 Å². The number of likely N-dealkylation sites (N-methyl/N-ethyl adjacent to an activating group) is 1. The molecule has 0 aromatic heterocycles. The van der Waals surface area contributed by atoms with Gasteiger partial charge in [-0.15, -0.1) is 0 Å². The van der Waals surface area contributed by atoms with Crippen LogP contribution in [0.15, 0.2) is 24.3 Å². The average molecular weight is 399 g/mol. The van der Waals surface area contributed by atoms with Crippen LogP contribution in [0.3, 0.4) is 0 Å². The third-order valence-corrected chi connectivity index (χ3v) is 6.26. The van der Waals surface area contributed by atoms with Crippen molar-refractivity contribution in [3.8, 4) is 0 Å². The molecule has 0 bridgehead atoms. The van der Waals surface area contributed by atoms with Crippen LogP contribution >= 0.6 is 0 Å². The number of nitrogens with zero attached hydrogens (tertiary/aromatic N) is 2. The molecule has 3 atom stereocenters. The van der Waals surface area contributed by atoms with E-state index in [1.54, 1.807) is 11.0 Å². The number of hydrogen-bond donors (Lipinski definition) is 3. The van der Waals surface area contributed by atoms with E-state index in [1.165, 1.54) is 0 Å². The molecule has 3 aliphatic rings. The van der Waals surface area contributed by atoms with Gasteiger partial charge in [0, 0.05) is 43.3 Å². The summed E-state index contributed by atoms with van der Waals surface area (Å²) in [5.74, 6) is -1.85. The Balaban J connectivity index is 1.71. The van der Waals surface area contributed by atoms with E-state index in [-0.39, 0.29) is 31.3 Å². The Hall–Kier alpha value is -2.71. The predicted octanol–water partition coefficient (Wildman–Crippen LogP) is 0.867. The number of rotatable bonds is 5. The second kappa shape index (κ2) is 6.96. The van der Waals surface area contributed by atoms with Gasteiger partial charge in [-0.3, -0.25) is 19.3 Å². The van der Waals surface area contributed by atoms with E-state index in [9.17, 15) is 19.5 Å². The van der Waals surface area contributed by atoms with Gasteiger partial charge in [0.1, 0.15) is 0 Å². The van der Waals surface area contributed by atoms with E-state index in [0.717, 1.165) is 11.1 Å². The lowest BCUT2D eigenvalue weighted by Crippen LogP contribution is -2.52. The Morgan fingerprint density at radius 2 is 2.14 bits per heavy atom. The summed E-state index contributed by atoms with van der Waals surface area (Å²) < 4.78 is 0. The van der Waals surface area contributed by atoms with Crippen LogP contribution in [-0.2, 0) is 20.0 Å². The first-order valence-corrected chi connectivity index (χ1v) is 9.86. The molecule has 1 aromatic carbocycles. The number of nitrogens with one attached hydrogen (secondary N) is 1. The molecule has 2 heterocycles. The number of carboxylic acids is 1. The van der Waals surface area contributed by atoms with E-state index >= 15 is 0 Å². The van der Waals surface area contributed by atoms with Crippen molar-refractivity contribution in [3.05, 3.63) is 35.4 Å². The number of carbonyl (C=O) groups is 3. The molecule has 8 heteroatoms. The number of carbonyl (C=O) groups excluding carboxylic acids is 2. The van der Waals surface area contributed by atoms with Gasteiger partial charge < -0.3 is 20.4 Å². The molecule has 0 saturated carbocycles. The Morgan fingerprint density at radius 3 is 2.83 bits per heavy atom. The van der Waals surface area contributed by atoms with Crippen LogP contribution in [0.25, 0.3) is 5.57 Å². The van der Waals surface area contributed by atoms with E-state index < -0.39 is 23.4 Å². The zero-order valence-electron chi connectivity index (χ0n) is 16.5. The summed E-state index contributed by atoms with van der Waals surface area (Å²) in [5.41, 5.74) is 1.37. The zero-order chi connectivity index (χ0) is 20.9. The summed E-state index contributed by atoms with van der Waals surface area (Å²) in [6.45, 7) is 2.90. The first-order valence-electron chi connectivity index (χ1n) is 9.86. The summed E-state index contributed by atoms with van der Waals surface area (Å²) in [6, 6.07) is 5.31. The number of amides is 2. The van der Waals surface area contributed by atoms with Crippen LogP contribution in [0.1, 0.15) is 30.9 Å². The van der Waals surface area contributed by atoms with Crippen LogP contribution in [0.4, 0.5) is 5.69 Å². The maximum Gasteiger partial charge on any atom is 0.305 e. The normalized spacial score (nSPS) is 27.6. The number of fused-ring (bicyclic) bond motifs is 2. The highest BCUT2D eigenvalue weighted by Gasteiger charge is 2.53. The molecule has 0 saturated heterocycles. The van der Waals surface area contributed by atoms with Gasteiger partial charge in [-0.05, 0) is 31.2 Å². The Kier molecular flexibility index (Phi) is 4.71. The van der Waals surface area contributed by atoms with Crippen molar-refractivity contribution < 1.29 is 24.6 Å². The first-order chi connectivity index (χ1) is 13.8. The SMILES string of the molecule is CCN(CCC(=O)O)C(=O)[C@@H]1C=C2c3cccc4c3C(O)(CC2N(C)C1)C(=O)N4. The van der Waals surface area contributed by atoms with Gasteiger partial charge in [-0.1, -0.05) is 18.2 Å². The Morgan fingerprint density at radius 1 is 1.38 bits per heavy atom. The third kappa shape index (κ3) is 3.03. The fourth-order valence-corrected chi connectivity index (χ4v) is 4.79. The molecule has 0 spiro atoms. The van der Waals surface area contributed by atoms with Crippen LogP contribution in [0.5, 0.6) is 0 Å². The maximum absolute atomic E-state index is 13.1. The smallest absolute Gasteiger partial charge is 0.305 e. The Bertz CT molecular complexity index is 927. The highest BCUT2D eigenvalue weighted by molar-refractivity contribution is 6.08. The van der Waals surface area contributed by atoms with Crippen molar-refractivity contribution in [2.45, 2.75) is 31.4 Å². The zero-order valence-corrected chi connectivity index (χ0v) is 16.5. The van der Waals surface area contributed by atoms with Crippen molar-refractivity contribution in [3.63, 3.8) is 0 Å². The summed E-state index contributed by atoms with van der Waals surface area (Å²) in [4.78, 5) is 40.0. The quantitative estimate of drug-likeness (QED) is 0.678. The number of hydrogen-bond acceptors (Lipinski definition) is 5. The summed E-state index contributed by atoms with van der Waals surface area (Å²) in [5, 5.41) is 22.8. The van der Waals surface area contributed by atoms with Gasteiger partial charge in [0.15, 0.2) is 5.60 Å². The van der Waals surface area contributed by atoms with Gasteiger partial charge in [-0.25, -0.2) is 0 Å². The van der Waals surface area contributed by atoms with Crippen LogP contribution in [-0.4, -0.2) is 70.5 Å². The highest BCUT2D eigenvalue weighted by atomic mass is 16.4. The minimum Gasteiger partial charge on any atom is -0.481 e. The molecule has 1 aliphatic carbocycles. The lowest BCUT2D eigenvalue weighted by molar-refractivity contribution is -0.140.